The summed E-state index contributed by atoms with van der Waals surface area (Å²) in [6.07, 6.45) is -2.86. The Bertz CT molecular complexity index is 3670. The average molecular weight is 1390 g/mol. The maximum Gasteiger partial charge on any atom is 0.472 e. The van der Waals surface area contributed by atoms with Crippen molar-refractivity contribution < 1.29 is 126 Å². The zero-order valence-electron chi connectivity index (χ0n) is 51.2. The average Bonchev–Trinajstić information content (AvgIpc) is 1.59. The topological polar surface area (TPSA) is 435 Å². The van der Waals surface area contributed by atoms with E-state index < -0.39 is 126 Å². The molecule has 1 aromatic carbocycles. The summed E-state index contributed by atoms with van der Waals surface area (Å²) in [5, 5.41) is 3.84. The molecule has 4 aromatic rings. The lowest BCUT2D eigenvalue weighted by molar-refractivity contribution is -0.190. The first kappa shape index (κ1) is 72.3. The Balaban J connectivity index is 0.000000146. The number of nitrogens with zero attached hydrogens (tertiary/aromatic N) is 3. The van der Waals surface area contributed by atoms with E-state index in [2.05, 4.69) is 28.2 Å². The number of ether oxygens (including phenoxy) is 12. The van der Waals surface area contributed by atoms with E-state index in [9.17, 15) is 57.0 Å². The predicted molar refractivity (Wildman–Crippen MR) is 312 cm³/mol. The lowest BCUT2D eigenvalue weighted by atomic mass is 9.90. The minimum atomic E-state index is -4.30. The molecule has 8 bridgehead atoms. The van der Waals surface area contributed by atoms with Crippen LogP contribution < -0.4 is 27.5 Å². The van der Waals surface area contributed by atoms with Crippen molar-refractivity contribution in [3.05, 3.63) is 115 Å². The highest BCUT2D eigenvalue weighted by atomic mass is 31.2. The normalized spacial score (nSPS) is 35.6. The first-order valence-corrected chi connectivity index (χ1v) is 34.2. The fourth-order valence-corrected chi connectivity index (χ4v) is 15.2. The van der Waals surface area contributed by atoms with Gasteiger partial charge in [0.25, 0.3) is 16.7 Å². The summed E-state index contributed by atoms with van der Waals surface area (Å²) in [6.45, 7) is 3.20. The number of benzene rings is 1. The summed E-state index contributed by atoms with van der Waals surface area (Å²) in [5.41, 5.74) is -5.76. The van der Waals surface area contributed by atoms with Crippen LogP contribution in [0.5, 0.6) is 0 Å². The van der Waals surface area contributed by atoms with Gasteiger partial charge in [0.15, 0.2) is 18.7 Å². The van der Waals surface area contributed by atoms with Gasteiger partial charge in [-0.05, 0) is 30.5 Å². The minimum absolute atomic E-state index is 0.0662. The van der Waals surface area contributed by atoms with E-state index in [0.29, 0.717) is 18.4 Å². The SMILES string of the molecule is COC[C@@]12CCO[C@@H]([C@H](C)O1)[C@@H]2OP(=O)(O)OC.COC[C@@]12CO[C@H]([C@H](n3ccc(=O)[nH]c3=O)O1)[C@@H]2NP(=O)(O)OC.COC[C@@]12CO[C@H]([C@H](n3ccc4ccccc4c3=O)O1)[C@@H]2OP(=O)(O)OC.COC[C@@]12CO[C@H]([C@H](n3ccccc3=O)O1)[C@@H]2OP(=O)(O)OC. The second-order valence-electron chi connectivity index (χ2n) is 22.2. The highest BCUT2D eigenvalue weighted by Crippen LogP contribution is 2.57. The number of rotatable bonds is 23. The molecule has 0 aliphatic carbocycles. The van der Waals surface area contributed by atoms with Crippen molar-refractivity contribution in [2.45, 2.75) is 109 Å². The number of H-pyrrole nitrogens is 1. The van der Waals surface area contributed by atoms with E-state index in [1.807, 2.05) is 19.1 Å². The third-order valence-electron chi connectivity index (χ3n) is 16.4. The van der Waals surface area contributed by atoms with Crippen LogP contribution in [0, 0.1) is 0 Å². The van der Waals surface area contributed by atoms with Gasteiger partial charge in [-0.15, -0.1) is 0 Å². The quantitative estimate of drug-likeness (QED) is 0.0564. The molecule has 36 nitrogen and oxygen atoms in total. The molecule has 3 aromatic heterocycles. The van der Waals surface area contributed by atoms with Crippen LogP contribution in [-0.2, 0) is 107 Å². The van der Waals surface area contributed by atoms with Crippen LogP contribution in [0.2, 0.25) is 0 Å². The number of phosphoric ester groups is 3. The Kier molecular flexibility index (Phi) is 22.8. The van der Waals surface area contributed by atoms with Gasteiger partial charge in [-0.2, -0.15) is 0 Å². The van der Waals surface area contributed by atoms with E-state index in [1.54, 1.807) is 49.8 Å². The molecule has 0 spiro atoms. The second kappa shape index (κ2) is 29.0. The minimum Gasteiger partial charge on any atom is -0.382 e. The summed E-state index contributed by atoms with van der Waals surface area (Å²) in [5.74, 6) is 0. The molecular weight excluding hydrogens is 1310 g/mol. The van der Waals surface area contributed by atoms with Crippen LogP contribution in [0.3, 0.4) is 0 Å². The number of hydrogen-bond acceptors (Lipinski definition) is 27. The number of phosphoric acid groups is 3. The number of hydrogen-bond donors (Lipinski definition) is 6. The van der Waals surface area contributed by atoms with Crippen LogP contribution in [0.25, 0.3) is 10.8 Å². The molecule has 0 radical (unpaired) electrons. The van der Waals surface area contributed by atoms with Crippen molar-refractivity contribution in [2.75, 3.05) is 110 Å². The Morgan fingerprint density at radius 3 is 1.55 bits per heavy atom. The molecule has 11 heterocycles. The Morgan fingerprint density at radius 1 is 0.533 bits per heavy atom. The molecular formula is C52H75N5O31P4. The van der Waals surface area contributed by atoms with Gasteiger partial charge >= 0.3 is 36.9 Å². The zero-order chi connectivity index (χ0) is 66.8. The van der Waals surface area contributed by atoms with Gasteiger partial charge in [-0.3, -0.25) is 60.2 Å². The van der Waals surface area contributed by atoms with Crippen molar-refractivity contribution in [3.8, 4) is 0 Å². The number of methoxy groups -OCH3 is 4. The van der Waals surface area contributed by atoms with Crippen LogP contribution in [0.1, 0.15) is 32.0 Å². The first-order chi connectivity index (χ1) is 43.6. The summed E-state index contributed by atoms with van der Waals surface area (Å²) < 4.78 is 152. The van der Waals surface area contributed by atoms with Gasteiger partial charge in [-0.25, -0.2) is 28.1 Å². The standard InChI is InChI=1S/C17H20NO8P.C13H18NO8P.C12H18N3O8P.C10H19O7P/c1-22-9-17-10-24-13(14(17)26-27(20,21)23-2)16(25-17)18-8-7-11-5-3-4-6-12(11)15(18)19;1-18-7-13-8-20-10(11(13)22-23(16,17)19-2)12(21-13)14-6-4-3-5-9(14)15;1-20-5-12-6-22-8(9(12)14-24(18,19)21-2)10(23-12)15-4-3-7(16)13-11(15)17;1-7-8-9(17-18(11,12)14-3)10(16-7,6-13-2)4-5-15-8/h3-8,13-14,16H,9-10H2,1-2H3,(H,20,21);3-6,10-12H,7-8H2,1-2H3,(H,16,17);3-4,8-10H,5-6H2,1-2H3,(H,13,16,17)(H2,14,18,19);7-9H,4-6H2,1-3H3,(H,11,12)/t13-,14-,16+,17-;10-,11-,12+,13-;8-,9-,10+,12-;7-,8-,9-,10+/m0000/s1. The number of nitrogens with one attached hydrogen (secondary N) is 2. The Labute approximate surface area is 524 Å². The van der Waals surface area contributed by atoms with Gasteiger partial charge in [0.05, 0.1) is 65.0 Å². The molecule has 0 amide bonds. The van der Waals surface area contributed by atoms with Crippen LogP contribution in [-0.4, -0.2) is 225 Å². The molecule has 40 heteroatoms. The number of aromatic amines is 1. The van der Waals surface area contributed by atoms with Crippen molar-refractivity contribution in [3.63, 3.8) is 0 Å². The van der Waals surface area contributed by atoms with Crippen LogP contribution in [0.4, 0.5) is 0 Å². The molecule has 0 saturated carbocycles. The first-order valence-electron chi connectivity index (χ1n) is 28.2. The van der Waals surface area contributed by atoms with E-state index in [1.165, 1.54) is 48.8 Å². The van der Waals surface area contributed by atoms with Gasteiger partial charge in [0, 0.05) is 99.4 Å². The molecule has 4 unspecified atom stereocenters. The van der Waals surface area contributed by atoms with Crippen molar-refractivity contribution in [1.29, 1.82) is 0 Å². The summed E-state index contributed by atoms with van der Waals surface area (Å²) in [7, 11) is -6.38. The van der Waals surface area contributed by atoms with E-state index in [0.717, 1.165) is 38.4 Å². The molecule has 8 saturated heterocycles. The van der Waals surface area contributed by atoms with Crippen molar-refractivity contribution in [1.82, 2.24) is 23.8 Å². The molecule has 8 aliphatic rings. The lowest BCUT2D eigenvalue weighted by Gasteiger charge is -2.38. The summed E-state index contributed by atoms with van der Waals surface area (Å²) in [4.78, 5) is 88.9. The van der Waals surface area contributed by atoms with Gasteiger partial charge in [0.2, 0.25) is 0 Å². The summed E-state index contributed by atoms with van der Waals surface area (Å²) >= 11 is 0. The van der Waals surface area contributed by atoms with Gasteiger partial charge < -0.3 is 80.9 Å². The number of aromatic nitrogens is 4. The highest BCUT2D eigenvalue weighted by Gasteiger charge is 2.67. The molecule has 8 aliphatic heterocycles. The molecule has 8 fully saturated rings. The number of fused-ring (bicyclic) bond motifs is 9. The van der Waals surface area contributed by atoms with Gasteiger partial charge in [-0.1, -0.05) is 24.3 Å². The molecule has 92 heavy (non-hydrogen) atoms. The maximum atomic E-state index is 12.9. The largest absolute Gasteiger partial charge is 0.472 e. The fraction of sp³-hybridized carbons (Fsp3) is 0.654. The highest BCUT2D eigenvalue weighted by molar-refractivity contribution is 7.50. The Hall–Kier alpha value is -3.98. The predicted octanol–water partition coefficient (Wildman–Crippen LogP) is 1.01. The lowest BCUT2D eigenvalue weighted by Crippen LogP contribution is -2.52. The van der Waals surface area contributed by atoms with Crippen LogP contribution in [0.15, 0.2) is 92.4 Å². The van der Waals surface area contributed by atoms with E-state index in [-0.39, 0.29) is 69.6 Å². The summed E-state index contributed by atoms with van der Waals surface area (Å²) in [6, 6.07) is 14.1. The second-order valence-corrected chi connectivity index (χ2v) is 28.4. The molecule has 20 atom stereocenters. The fourth-order valence-electron chi connectivity index (χ4n) is 12.3. The smallest absolute Gasteiger partial charge is 0.382 e. The van der Waals surface area contributed by atoms with Crippen molar-refractivity contribution in [2.24, 2.45) is 0 Å². The van der Waals surface area contributed by atoms with E-state index >= 15 is 0 Å². The monoisotopic (exact) mass is 1390 g/mol. The van der Waals surface area contributed by atoms with E-state index in [4.69, 9.17) is 70.4 Å². The Morgan fingerprint density at radius 2 is 1.01 bits per heavy atom. The molecule has 6 N–H and O–H groups in total. The van der Waals surface area contributed by atoms with Crippen LogP contribution >= 0.6 is 31.2 Å². The van der Waals surface area contributed by atoms with Gasteiger partial charge in [0.1, 0.15) is 65.1 Å². The third-order valence-corrected chi connectivity index (χ3v) is 20.4. The molecule has 514 valence electrons. The van der Waals surface area contributed by atoms with Crippen molar-refractivity contribution >= 4 is 42.0 Å². The zero-order valence-corrected chi connectivity index (χ0v) is 54.7. The number of pyridine rings is 2. The third kappa shape index (κ3) is 14.8. The maximum absolute atomic E-state index is 12.9. The molecule has 12 rings (SSSR count).